The van der Waals surface area contributed by atoms with Crippen LogP contribution in [0.15, 0.2) is 12.2 Å². The quantitative estimate of drug-likeness (QED) is 0.435. The first-order valence-electron chi connectivity index (χ1n) is 2.89. The first-order chi connectivity index (χ1) is 3.79. The van der Waals surface area contributed by atoms with Crippen molar-refractivity contribution in [3.05, 3.63) is 12.2 Å². The fourth-order valence-corrected chi connectivity index (χ4v) is 0.895. The molecule has 0 radical (unpaired) electrons. The van der Waals surface area contributed by atoms with Crippen LogP contribution >= 0.6 is 0 Å². The molecule has 8 heavy (non-hydrogen) atoms. The number of aliphatic hydroxyl groups excluding tert-OH is 1. The Morgan fingerprint density at radius 2 is 2.38 bits per heavy atom. The second-order valence-electron chi connectivity index (χ2n) is 2.23. The van der Waals surface area contributed by atoms with Crippen molar-refractivity contribution in [2.75, 3.05) is 0 Å². The summed E-state index contributed by atoms with van der Waals surface area (Å²) < 4.78 is 0. The summed E-state index contributed by atoms with van der Waals surface area (Å²) in [5.41, 5.74) is 5.51. The van der Waals surface area contributed by atoms with Crippen molar-refractivity contribution in [1.82, 2.24) is 0 Å². The largest absolute Gasteiger partial charge is 0.389 e. The Kier molecular flexibility index (Phi) is 1.65. The number of aliphatic hydroxyl groups is 1. The molecule has 0 amide bonds. The maximum absolute atomic E-state index is 8.91. The van der Waals surface area contributed by atoms with Gasteiger partial charge < -0.3 is 10.8 Å². The Morgan fingerprint density at radius 1 is 1.62 bits per heavy atom. The molecule has 3 N–H and O–H groups in total. The third kappa shape index (κ3) is 1.32. The molecule has 0 aromatic carbocycles. The van der Waals surface area contributed by atoms with E-state index in [-0.39, 0.29) is 12.1 Å². The van der Waals surface area contributed by atoms with Crippen molar-refractivity contribution in [1.29, 1.82) is 0 Å². The van der Waals surface area contributed by atoms with Gasteiger partial charge in [-0.3, -0.25) is 0 Å². The van der Waals surface area contributed by atoms with Gasteiger partial charge in [0, 0.05) is 6.04 Å². The SMILES string of the molecule is NC1CC=CC(O)C1. The zero-order valence-corrected chi connectivity index (χ0v) is 4.75. The van der Waals surface area contributed by atoms with Gasteiger partial charge in [-0.05, 0) is 12.8 Å². The van der Waals surface area contributed by atoms with Gasteiger partial charge in [-0.1, -0.05) is 12.2 Å². The summed E-state index contributed by atoms with van der Waals surface area (Å²) in [5.74, 6) is 0. The van der Waals surface area contributed by atoms with Crippen molar-refractivity contribution in [2.45, 2.75) is 25.0 Å². The third-order valence-corrected chi connectivity index (χ3v) is 1.34. The molecule has 1 rings (SSSR count). The predicted octanol–water partition coefficient (Wildman–Crippen LogP) is 0.0246. The second kappa shape index (κ2) is 2.29. The van der Waals surface area contributed by atoms with E-state index in [0.717, 1.165) is 12.8 Å². The summed E-state index contributed by atoms with van der Waals surface area (Å²) in [6, 6.07) is 0.176. The van der Waals surface area contributed by atoms with Gasteiger partial charge in [0.1, 0.15) is 0 Å². The molecule has 2 unspecified atom stereocenters. The van der Waals surface area contributed by atoms with Crippen LogP contribution in [0.5, 0.6) is 0 Å². The standard InChI is InChI=1S/C6H11NO/c7-5-2-1-3-6(8)4-5/h1,3,5-6,8H,2,4,7H2. The van der Waals surface area contributed by atoms with E-state index in [1.54, 1.807) is 6.08 Å². The van der Waals surface area contributed by atoms with Crippen LogP contribution in [-0.2, 0) is 0 Å². The summed E-state index contributed by atoms with van der Waals surface area (Å²) in [4.78, 5) is 0. The lowest BCUT2D eigenvalue weighted by Crippen LogP contribution is -2.27. The van der Waals surface area contributed by atoms with Crippen LogP contribution in [0, 0.1) is 0 Å². The van der Waals surface area contributed by atoms with Gasteiger partial charge in [-0.15, -0.1) is 0 Å². The highest BCUT2D eigenvalue weighted by atomic mass is 16.3. The lowest BCUT2D eigenvalue weighted by molar-refractivity contribution is 0.196. The minimum Gasteiger partial charge on any atom is -0.389 e. The molecule has 0 aromatic heterocycles. The van der Waals surface area contributed by atoms with Gasteiger partial charge in [0.15, 0.2) is 0 Å². The van der Waals surface area contributed by atoms with Crippen LogP contribution in [0.25, 0.3) is 0 Å². The first kappa shape index (κ1) is 5.79. The minimum atomic E-state index is -0.293. The maximum atomic E-state index is 8.91. The summed E-state index contributed by atoms with van der Waals surface area (Å²) in [6.07, 6.45) is 5.06. The molecule has 0 spiro atoms. The Bertz CT molecular complexity index is 101. The fourth-order valence-electron chi connectivity index (χ4n) is 0.895. The van der Waals surface area contributed by atoms with Gasteiger partial charge in [-0.25, -0.2) is 0 Å². The average molecular weight is 113 g/mol. The zero-order chi connectivity index (χ0) is 5.98. The number of hydrogen-bond donors (Lipinski definition) is 2. The van der Waals surface area contributed by atoms with Crippen molar-refractivity contribution in [3.63, 3.8) is 0 Å². The van der Waals surface area contributed by atoms with Crippen LogP contribution < -0.4 is 5.73 Å². The molecule has 0 aliphatic heterocycles. The monoisotopic (exact) mass is 113 g/mol. The molecule has 1 aliphatic carbocycles. The van der Waals surface area contributed by atoms with Gasteiger partial charge in [-0.2, -0.15) is 0 Å². The van der Waals surface area contributed by atoms with Crippen molar-refractivity contribution >= 4 is 0 Å². The highest BCUT2D eigenvalue weighted by molar-refractivity contribution is 4.97. The Morgan fingerprint density at radius 3 is 2.75 bits per heavy atom. The zero-order valence-electron chi connectivity index (χ0n) is 4.75. The van der Waals surface area contributed by atoms with E-state index >= 15 is 0 Å². The predicted molar refractivity (Wildman–Crippen MR) is 32.4 cm³/mol. The Balaban J connectivity index is 2.42. The molecule has 0 heterocycles. The lowest BCUT2D eigenvalue weighted by atomic mass is 10.0. The second-order valence-corrected chi connectivity index (χ2v) is 2.23. The number of rotatable bonds is 0. The molecule has 2 heteroatoms. The third-order valence-electron chi connectivity index (χ3n) is 1.34. The molecule has 0 aromatic rings. The van der Waals surface area contributed by atoms with E-state index in [9.17, 15) is 0 Å². The number of hydrogen-bond acceptors (Lipinski definition) is 2. The molecular formula is C6H11NO. The lowest BCUT2D eigenvalue weighted by Gasteiger charge is -2.16. The normalized spacial score (nSPS) is 37.8. The van der Waals surface area contributed by atoms with E-state index in [4.69, 9.17) is 10.8 Å². The highest BCUT2D eigenvalue weighted by Crippen LogP contribution is 2.08. The van der Waals surface area contributed by atoms with Crippen LogP contribution in [0.2, 0.25) is 0 Å². The maximum Gasteiger partial charge on any atom is 0.0735 e. The fraction of sp³-hybridized carbons (Fsp3) is 0.667. The van der Waals surface area contributed by atoms with Crippen molar-refractivity contribution < 1.29 is 5.11 Å². The van der Waals surface area contributed by atoms with Gasteiger partial charge in [0.05, 0.1) is 6.10 Å². The molecule has 0 fully saturated rings. The van der Waals surface area contributed by atoms with Gasteiger partial charge >= 0.3 is 0 Å². The molecule has 0 saturated heterocycles. The van der Waals surface area contributed by atoms with Gasteiger partial charge in [0.2, 0.25) is 0 Å². The molecular weight excluding hydrogens is 102 g/mol. The number of nitrogens with two attached hydrogens (primary N) is 1. The van der Waals surface area contributed by atoms with Crippen molar-refractivity contribution in [3.8, 4) is 0 Å². The first-order valence-corrected chi connectivity index (χ1v) is 2.89. The Labute approximate surface area is 49.0 Å². The van der Waals surface area contributed by atoms with Crippen LogP contribution in [0.1, 0.15) is 12.8 Å². The van der Waals surface area contributed by atoms with E-state index < -0.39 is 0 Å². The van der Waals surface area contributed by atoms with Crippen molar-refractivity contribution in [2.24, 2.45) is 5.73 Å². The molecule has 0 bridgehead atoms. The molecule has 2 nitrogen and oxygen atoms in total. The molecule has 2 atom stereocenters. The van der Waals surface area contributed by atoms with E-state index in [0.29, 0.717) is 0 Å². The summed E-state index contributed by atoms with van der Waals surface area (Å²) in [7, 11) is 0. The Hall–Kier alpha value is -0.340. The summed E-state index contributed by atoms with van der Waals surface area (Å²) in [6.45, 7) is 0. The minimum absolute atomic E-state index is 0.176. The molecule has 0 saturated carbocycles. The topological polar surface area (TPSA) is 46.2 Å². The van der Waals surface area contributed by atoms with E-state index in [2.05, 4.69) is 0 Å². The van der Waals surface area contributed by atoms with Crippen LogP contribution in [0.3, 0.4) is 0 Å². The van der Waals surface area contributed by atoms with Crippen LogP contribution in [0.4, 0.5) is 0 Å². The van der Waals surface area contributed by atoms with Crippen LogP contribution in [-0.4, -0.2) is 17.3 Å². The highest BCUT2D eigenvalue weighted by Gasteiger charge is 2.10. The van der Waals surface area contributed by atoms with E-state index in [1.165, 1.54) is 0 Å². The smallest absolute Gasteiger partial charge is 0.0735 e. The van der Waals surface area contributed by atoms with E-state index in [1.807, 2.05) is 6.08 Å². The average Bonchev–Trinajstić information content (AvgIpc) is 1.64. The van der Waals surface area contributed by atoms with Gasteiger partial charge in [0.25, 0.3) is 0 Å². The summed E-state index contributed by atoms with van der Waals surface area (Å²) >= 11 is 0. The molecule has 46 valence electrons. The molecule has 1 aliphatic rings. The summed E-state index contributed by atoms with van der Waals surface area (Å²) in [5, 5.41) is 8.91.